The van der Waals surface area contributed by atoms with Crippen molar-refractivity contribution >= 4 is 21.7 Å². The van der Waals surface area contributed by atoms with Crippen LogP contribution in [0, 0.1) is 0 Å². The van der Waals surface area contributed by atoms with Crippen LogP contribution in [-0.2, 0) is 14.8 Å². The molecule has 1 saturated heterocycles. The topological polar surface area (TPSA) is 99.2 Å². The number of aliphatic hydroxyl groups excluding tert-OH is 1. The molecule has 0 saturated carbocycles. The Hall–Kier alpha value is -1.94. The molecule has 0 aromatic heterocycles. The van der Waals surface area contributed by atoms with Gasteiger partial charge in [-0.25, -0.2) is 13.2 Å². The molecule has 1 heterocycles. The minimum absolute atomic E-state index is 0.120. The number of benzene rings is 1. The summed E-state index contributed by atoms with van der Waals surface area (Å²) < 4.78 is 31.3. The highest BCUT2D eigenvalue weighted by molar-refractivity contribution is 7.89. The fourth-order valence-electron chi connectivity index (χ4n) is 2.58. The van der Waals surface area contributed by atoms with Crippen LogP contribution in [0.4, 0.5) is 10.5 Å². The van der Waals surface area contributed by atoms with Crippen molar-refractivity contribution in [3.05, 3.63) is 36.9 Å². The van der Waals surface area contributed by atoms with Crippen molar-refractivity contribution in [3.8, 4) is 0 Å². The van der Waals surface area contributed by atoms with Crippen LogP contribution in [0.2, 0.25) is 0 Å². The molecule has 1 aromatic carbocycles. The number of likely N-dealkylation sites (N-methyl/N-ethyl adjacent to an activating group) is 1. The van der Waals surface area contributed by atoms with Gasteiger partial charge in [0.2, 0.25) is 10.0 Å². The largest absolute Gasteiger partial charge is 0.394 e. The molecular formula is C17H25N3O5S. The van der Waals surface area contributed by atoms with Crippen molar-refractivity contribution in [2.75, 3.05) is 38.7 Å². The second-order valence-electron chi connectivity index (χ2n) is 6.17. The Bertz CT molecular complexity index is 735. The quantitative estimate of drug-likeness (QED) is 0.717. The Kier molecular flexibility index (Phi) is 6.76. The van der Waals surface area contributed by atoms with Gasteiger partial charge in [0.05, 0.1) is 36.8 Å². The van der Waals surface area contributed by atoms with E-state index in [0.29, 0.717) is 18.8 Å². The lowest BCUT2D eigenvalue weighted by molar-refractivity contribution is -0.0611. The number of carbonyl (C=O) groups excluding carboxylic acids is 1. The van der Waals surface area contributed by atoms with E-state index in [2.05, 4.69) is 11.9 Å². The molecule has 144 valence electrons. The number of amides is 2. The minimum atomic E-state index is -3.59. The SMILES string of the molecule is C=CCN(C)S(=O)(=O)c1ccc(NC(=O)N2C[C@H](CO)OC[C@H]2C)cc1. The maximum atomic E-state index is 12.5. The van der Waals surface area contributed by atoms with E-state index in [9.17, 15) is 18.3 Å². The van der Waals surface area contributed by atoms with E-state index in [1.165, 1.54) is 29.6 Å². The van der Waals surface area contributed by atoms with Gasteiger partial charge in [-0.15, -0.1) is 6.58 Å². The van der Waals surface area contributed by atoms with E-state index < -0.39 is 16.1 Å². The second kappa shape index (κ2) is 8.63. The summed E-state index contributed by atoms with van der Waals surface area (Å²) in [7, 11) is -2.12. The Morgan fingerprint density at radius 1 is 1.46 bits per heavy atom. The van der Waals surface area contributed by atoms with Crippen LogP contribution in [0.1, 0.15) is 6.92 Å². The van der Waals surface area contributed by atoms with E-state index in [-0.39, 0.29) is 30.1 Å². The van der Waals surface area contributed by atoms with Gasteiger partial charge in [-0.1, -0.05) is 6.08 Å². The number of carbonyl (C=O) groups is 1. The zero-order chi connectivity index (χ0) is 19.3. The van der Waals surface area contributed by atoms with Gasteiger partial charge < -0.3 is 20.1 Å². The molecule has 0 aliphatic carbocycles. The summed E-state index contributed by atoms with van der Waals surface area (Å²) in [6, 6.07) is 5.54. The summed E-state index contributed by atoms with van der Waals surface area (Å²) in [6.45, 7) is 6.10. The third kappa shape index (κ3) is 4.61. The molecule has 0 spiro atoms. The first kappa shape index (κ1) is 20.4. The standard InChI is InChI=1S/C17H25N3O5S/c1-4-9-19(3)26(23,24)16-7-5-14(6-8-16)18-17(22)20-10-15(11-21)25-12-13(20)2/h4-8,13,15,21H,1,9-12H2,2-3H3,(H,18,22)/t13-,15-/m1/s1. The van der Waals surface area contributed by atoms with Gasteiger partial charge in [-0.3, -0.25) is 0 Å². The van der Waals surface area contributed by atoms with E-state index in [1.54, 1.807) is 17.0 Å². The zero-order valence-electron chi connectivity index (χ0n) is 15.0. The Morgan fingerprint density at radius 3 is 2.69 bits per heavy atom. The number of hydrogen-bond donors (Lipinski definition) is 2. The van der Waals surface area contributed by atoms with Crippen LogP contribution in [0.25, 0.3) is 0 Å². The summed E-state index contributed by atoms with van der Waals surface area (Å²) in [5.74, 6) is 0. The number of urea groups is 1. The summed E-state index contributed by atoms with van der Waals surface area (Å²) in [4.78, 5) is 14.2. The predicted molar refractivity (Wildman–Crippen MR) is 98.5 cm³/mol. The molecule has 2 amide bonds. The van der Waals surface area contributed by atoms with Crippen molar-refractivity contribution in [3.63, 3.8) is 0 Å². The molecule has 0 unspecified atom stereocenters. The third-order valence-corrected chi connectivity index (χ3v) is 6.01. The second-order valence-corrected chi connectivity index (χ2v) is 8.21. The third-order valence-electron chi connectivity index (χ3n) is 4.17. The number of aliphatic hydroxyl groups is 1. The van der Waals surface area contributed by atoms with Gasteiger partial charge in [0.1, 0.15) is 0 Å². The van der Waals surface area contributed by atoms with Crippen molar-refractivity contribution < 1.29 is 23.1 Å². The maximum Gasteiger partial charge on any atom is 0.322 e. The number of ether oxygens (including phenoxy) is 1. The summed E-state index contributed by atoms with van der Waals surface area (Å²) >= 11 is 0. The normalized spacial score (nSPS) is 20.8. The van der Waals surface area contributed by atoms with Gasteiger partial charge in [0.25, 0.3) is 0 Å². The van der Waals surface area contributed by atoms with Crippen LogP contribution >= 0.6 is 0 Å². The lowest BCUT2D eigenvalue weighted by Crippen LogP contribution is -2.53. The molecule has 1 aliphatic rings. The smallest absolute Gasteiger partial charge is 0.322 e. The molecule has 0 bridgehead atoms. The molecular weight excluding hydrogens is 358 g/mol. The molecule has 1 aliphatic heterocycles. The molecule has 8 nitrogen and oxygen atoms in total. The predicted octanol–water partition coefficient (Wildman–Crippen LogP) is 1.11. The lowest BCUT2D eigenvalue weighted by atomic mass is 10.2. The highest BCUT2D eigenvalue weighted by atomic mass is 32.2. The van der Waals surface area contributed by atoms with E-state index >= 15 is 0 Å². The van der Waals surface area contributed by atoms with Crippen LogP contribution in [0.5, 0.6) is 0 Å². The molecule has 2 atom stereocenters. The number of nitrogens with one attached hydrogen (secondary N) is 1. The average molecular weight is 383 g/mol. The maximum absolute atomic E-state index is 12.5. The molecule has 0 radical (unpaired) electrons. The van der Waals surface area contributed by atoms with E-state index in [4.69, 9.17) is 4.74 Å². The summed E-state index contributed by atoms with van der Waals surface area (Å²) in [5.41, 5.74) is 0.486. The molecule has 1 aromatic rings. The van der Waals surface area contributed by atoms with Gasteiger partial charge >= 0.3 is 6.03 Å². The monoisotopic (exact) mass is 383 g/mol. The highest BCUT2D eigenvalue weighted by Crippen LogP contribution is 2.19. The highest BCUT2D eigenvalue weighted by Gasteiger charge is 2.29. The first-order valence-corrected chi connectivity index (χ1v) is 9.71. The van der Waals surface area contributed by atoms with Crippen molar-refractivity contribution in [1.82, 2.24) is 9.21 Å². The molecule has 9 heteroatoms. The van der Waals surface area contributed by atoms with Gasteiger partial charge in [-0.2, -0.15) is 4.31 Å². The number of anilines is 1. The van der Waals surface area contributed by atoms with Crippen molar-refractivity contribution in [2.45, 2.75) is 24.0 Å². The van der Waals surface area contributed by atoms with Gasteiger partial charge in [0, 0.05) is 19.3 Å². The first-order valence-electron chi connectivity index (χ1n) is 8.27. The van der Waals surface area contributed by atoms with E-state index in [0.717, 1.165) is 0 Å². The van der Waals surface area contributed by atoms with Gasteiger partial charge in [0.15, 0.2) is 0 Å². The number of morpholine rings is 1. The van der Waals surface area contributed by atoms with Crippen LogP contribution in [0.3, 0.4) is 0 Å². The van der Waals surface area contributed by atoms with Crippen LogP contribution < -0.4 is 5.32 Å². The fraction of sp³-hybridized carbons (Fsp3) is 0.471. The number of hydrogen-bond acceptors (Lipinski definition) is 5. The number of sulfonamides is 1. The summed E-state index contributed by atoms with van der Waals surface area (Å²) in [5, 5.41) is 12.0. The minimum Gasteiger partial charge on any atom is -0.394 e. The summed E-state index contributed by atoms with van der Waals surface area (Å²) in [6.07, 6.45) is 1.11. The van der Waals surface area contributed by atoms with Crippen molar-refractivity contribution in [1.29, 1.82) is 0 Å². The Morgan fingerprint density at radius 2 is 2.12 bits per heavy atom. The van der Waals surface area contributed by atoms with Crippen LogP contribution in [-0.4, -0.2) is 74.3 Å². The van der Waals surface area contributed by atoms with Crippen LogP contribution in [0.15, 0.2) is 41.8 Å². The first-order chi connectivity index (χ1) is 12.3. The number of nitrogens with zero attached hydrogens (tertiary/aromatic N) is 2. The average Bonchev–Trinajstić information content (AvgIpc) is 2.62. The lowest BCUT2D eigenvalue weighted by Gasteiger charge is -2.37. The zero-order valence-corrected chi connectivity index (χ0v) is 15.8. The fourth-order valence-corrected chi connectivity index (χ4v) is 3.72. The number of rotatable bonds is 6. The van der Waals surface area contributed by atoms with E-state index in [1.807, 2.05) is 6.92 Å². The van der Waals surface area contributed by atoms with Gasteiger partial charge in [-0.05, 0) is 31.2 Å². The Labute approximate surface area is 154 Å². The molecule has 2 rings (SSSR count). The molecule has 26 heavy (non-hydrogen) atoms. The Balaban J connectivity index is 2.07. The van der Waals surface area contributed by atoms with Crippen molar-refractivity contribution in [2.24, 2.45) is 0 Å². The molecule has 1 fully saturated rings. The molecule has 2 N–H and O–H groups in total.